The molecule has 0 radical (unpaired) electrons. The van der Waals surface area contributed by atoms with Gasteiger partial charge >= 0.3 is 0 Å². The third-order valence-corrected chi connectivity index (χ3v) is 6.06. The summed E-state index contributed by atoms with van der Waals surface area (Å²) in [6, 6.07) is 3.75. The Hall–Kier alpha value is -2.39. The summed E-state index contributed by atoms with van der Waals surface area (Å²) >= 11 is 0. The molecule has 0 bridgehead atoms. The van der Waals surface area contributed by atoms with Crippen molar-refractivity contribution in [3.63, 3.8) is 0 Å². The molecule has 9 heteroatoms. The topological polar surface area (TPSA) is 95.7 Å². The summed E-state index contributed by atoms with van der Waals surface area (Å²) in [5.74, 6) is -3.85. The number of imide groups is 1. The number of amides is 3. The molecule has 156 valence electrons. The molecule has 7 nitrogen and oxygen atoms in total. The molecule has 3 amide bonds. The fraction of sp³-hybridized carbons (Fsp3) is 0.550. The average Bonchev–Trinajstić information content (AvgIpc) is 2.93. The molecule has 1 aromatic rings. The highest BCUT2D eigenvalue weighted by molar-refractivity contribution is 6.05. The van der Waals surface area contributed by atoms with Crippen molar-refractivity contribution in [3.8, 4) is 0 Å². The monoisotopic (exact) mass is 406 g/mol. The number of hydrogen-bond acceptors (Lipinski definition) is 5. The molecule has 0 aliphatic carbocycles. The number of halogens is 2. The molecular formula is C20H24F2N4O3. The van der Waals surface area contributed by atoms with Crippen LogP contribution in [0.25, 0.3) is 0 Å². The second-order valence-electron chi connectivity index (χ2n) is 8.07. The van der Waals surface area contributed by atoms with Gasteiger partial charge in [0, 0.05) is 44.6 Å². The van der Waals surface area contributed by atoms with E-state index in [9.17, 15) is 23.2 Å². The van der Waals surface area contributed by atoms with E-state index in [0.29, 0.717) is 31.6 Å². The van der Waals surface area contributed by atoms with E-state index in [2.05, 4.69) is 5.32 Å². The first-order valence-corrected chi connectivity index (χ1v) is 9.87. The number of carbonyl (C=O) groups excluding carboxylic acids is 3. The van der Waals surface area contributed by atoms with E-state index in [1.165, 1.54) is 4.90 Å². The molecule has 3 N–H and O–H groups in total. The largest absolute Gasteiger partial charge is 0.323 e. The van der Waals surface area contributed by atoms with E-state index in [-0.39, 0.29) is 37.6 Å². The van der Waals surface area contributed by atoms with Gasteiger partial charge in [0.1, 0.15) is 6.04 Å². The smallest absolute Gasteiger partial charge is 0.264 e. The number of fused-ring (bicyclic) bond motifs is 1. The zero-order valence-corrected chi connectivity index (χ0v) is 16.0. The Kier molecular flexibility index (Phi) is 5.12. The average molecular weight is 406 g/mol. The van der Waals surface area contributed by atoms with Crippen molar-refractivity contribution in [2.45, 2.75) is 56.8 Å². The summed E-state index contributed by atoms with van der Waals surface area (Å²) in [7, 11) is 0. The van der Waals surface area contributed by atoms with Gasteiger partial charge in [0.15, 0.2) is 0 Å². The second-order valence-corrected chi connectivity index (χ2v) is 8.07. The standard InChI is InChI=1S/C20H24F2N4O3/c21-20(22)6-8-25(7-5-16(20)23)10-12-1-2-13-11-26(19(29)14(13)9-12)15-3-4-17(27)24-18(15)28/h1-2,9,15-16H,3-8,10-11,23H2,(H,24,27,28). The number of benzene rings is 1. The first-order chi connectivity index (χ1) is 13.7. The zero-order valence-electron chi connectivity index (χ0n) is 16.0. The number of nitrogens with two attached hydrogens (primary N) is 1. The van der Waals surface area contributed by atoms with E-state index in [0.717, 1.165) is 11.1 Å². The molecule has 2 fully saturated rings. The lowest BCUT2D eigenvalue weighted by Gasteiger charge is -2.29. The predicted molar refractivity (Wildman–Crippen MR) is 99.9 cm³/mol. The summed E-state index contributed by atoms with van der Waals surface area (Å²) in [6.45, 7) is 1.51. The molecule has 3 aliphatic heterocycles. The van der Waals surface area contributed by atoms with Gasteiger partial charge in [-0.05, 0) is 30.0 Å². The van der Waals surface area contributed by atoms with E-state index in [1.54, 1.807) is 6.07 Å². The normalized spacial score (nSPS) is 27.6. The van der Waals surface area contributed by atoms with Crippen molar-refractivity contribution >= 4 is 17.7 Å². The van der Waals surface area contributed by atoms with Crippen LogP contribution < -0.4 is 11.1 Å². The number of hydrogen-bond donors (Lipinski definition) is 2. The van der Waals surface area contributed by atoms with Crippen LogP contribution in [0, 0.1) is 0 Å². The fourth-order valence-electron chi connectivity index (χ4n) is 4.25. The van der Waals surface area contributed by atoms with Gasteiger partial charge in [-0.3, -0.25) is 24.6 Å². The van der Waals surface area contributed by atoms with Crippen molar-refractivity contribution < 1.29 is 23.2 Å². The number of alkyl halides is 2. The number of nitrogens with one attached hydrogen (secondary N) is 1. The highest BCUT2D eigenvalue weighted by Crippen LogP contribution is 2.30. The minimum Gasteiger partial charge on any atom is -0.323 e. The van der Waals surface area contributed by atoms with Crippen molar-refractivity contribution in [1.82, 2.24) is 15.1 Å². The predicted octanol–water partition coefficient (Wildman–Crippen LogP) is 1.01. The molecule has 3 heterocycles. The van der Waals surface area contributed by atoms with Crippen LogP contribution in [0.4, 0.5) is 8.78 Å². The summed E-state index contributed by atoms with van der Waals surface area (Å²) in [5, 5.41) is 2.29. The van der Waals surface area contributed by atoms with E-state index in [4.69, 9.17) is 5.73 Å². The van der Waals surface area contributed by atoms with E-state index >= 15 is 0 Å². The van der Waals surface area contributed by atoms with Gasteiger partial charge < -0.3 is 10.6 Å². The van der Waals surface area contributed by atoms with Crippen LogP contribution in [-0.4, -0.2) is 58.6 Å². The van der Waals surface area contributed by atoms with Crippen LogP contribution >= 0.6 is 0 Å². The Bertz CT molecular complexity index is 860. The van der Waals surface area contributed by atoms with Gasteiger partial charge in [0.05, 0.1) is 6.04 Å². The molecule has 0 aromatic heterocycles. The van der Waals surface area contributed by atoms with E-state index in [1.807, 2.05) is 17.0 Å². The highest BCUT2D eigenvalue weighted by Gasteiger charge is 2.40. The number of likely N-dealkylation sites (tertiary alicyclic amines) is 1. The second kappa shape index (κ2) is 7.46. The number of rotatable bonds is 3. The number of nitrogens with zero attached hydrogens (tertiary/aromatic N) is 2. The van der Waals surface area contributed by atoms with Crippen molar-refractivity contribution in [2.24, 2.45) is 5.73 Å². The minimum atomic E-state index is -2.86. The lowest BCUT2D eigenvalue weighted by molar-refractivity contribution is -0.136. The molecule has 2 unspecified atom stereocenters. The molecule has 29 heavy (non-hydrogen) atoms. The lowest BCUT2D eigenvalue weighted by Crippen LogP contribution is -2.52. The number of carbonyl (C=O) groups is 3. The van der Waals surface area contributed by atoms with Crippen LogP contribution in [0.15, 0.2) is 18.2 Å². The Labute approximate surface area is 167 Å². The lowest BCUT2D eigenvalue weighted by atomic mass is 10.0. The van der Waals surface area contributed by atoms with Gasteiger partial charge in [0.2, 0.25) is 11.8 Å². The van der Waals surface area contributed by atoms with E-state index < -0.39 is 23.9 Å². The van der Waals surface area contributed by atoms with Crippen molar-refractivity contribution in [1.29, 1.82) is 0 Å². The van der Waals surface area contributed by atoms with Gasteiger partial charge in [-0.25, -0.2) is 8.78 Å². The molecule has 4 rings (SSSR count). The molecule has 2 saturated heterocycles. The van der Waals surface area contributed by atoms with Gasteiger partial charge in [-0.1, -0.05) is 12.1 Å². The first kappa shape index (κ1) is 19.9. The Balaban J connectivity index is 1.46. The summed E-state index contributed by atoms with van der Waals surface area (Å²) in [5.41, 5.74) is 7.81. The van der Waals surface area contributed by atoms with Gasteiger partial charge in [-0.15, -0.1) is 0 Å². The summed E-state index contributed by atoms with van der Waals surface area (Å²) in [6.07, 6.45) is 0.477. The molecule has 0 spiro atoms. The van der Waals surface area contributed by atoms with Crippen LogP contribution in [0.1, 0.15) is 47.2 Å². The Morgan fingerprint density at radius 2 is 1.97 bits per heavy atom. The molecule has 1 aromatic carbocycles. The maximum atomic E-state index is 13.8. The third kappa shape index (κ3) is 3.89. The van der Waals surface area contributed by atoms with Gasteiger partial charge in [0.25, 0.3) is 11.8 Å². The maximum Gasteiger partial charge on any atom is 0.264 e. The SMILES string of the molecule is NC1CCN(Cc2ccc3c(c2)C(=O)N(C2CCC(=O)NC2=O)C3)CCC1(F)F. The molecule has 2 atom stereocenters. The van der Waals surface area contributed by atoms with Gasteiger partial charge in [-0.2, -0.15) is 0 Å². The summed E-state index contributed by atoms with van der Waals surface area (Å²) < 4.78 is 27.6. The Morgan fingerprint density at radius 1 is 1.17 bits per heavy atom. The summed E-state index contributed by atoms with van der Waals surface area (Å²) in [4.78, 5) is 39.8. The molecule has 0 saturated carbocycles. The van der Waals surface area contributed by atoms with Crippen molar-refractivity contribution in [2.75, 3.05) is 13.1 Å². The van der Waals surface area contributed by atoms with Crippen LogP contribution in [0.5, 0.6) is 0 Å². The molecule has 3 aliphatic rings. The first-order valence-electron chi connectivity index (χ1n) is 9.87. The van der Waals surface area contributed by atoms with Crippen LogP contribution in [-0.2, 0) is 22.7 Å². The van der Waals surface area contributed by atoms with Crippen molar-refractivity contribution in [3.05, 3.63) is 34.9 Å². The van der Waals surface area contributed by atoms with Crippen LogP contribution in [0.2, 0.25) is 0 Å². The maximum absolute atomic E-state index is 13.8. The fourth-order valence-corrected chi connectivity index (χ4v) is 4.25. The number of piperidine rings is 1. The third-order valence-electron chi connectivity index (χ3n) is 6.06. The molecular weight excluding hydrogens is 382 g/mol. The Morgan fingerprint density at radius 3 is 2.72 bits per heavy atom. The highest BCUT2D eigenvalue weighted by atomic mass is 19.3. The zero-order chi connectivity index (χ0) is 20.8. The van der Waals surface area contributed by atoms with Crippen LogP contribution in [0.3, 0.4) is 0 Å². The minimum absolute atomic E-state index is 0.212. The quantitative estimate of drug-likeness (QED) is 0.731.